The van der Waals surface area contributed by atoms with Crippen molar-refractivity contribution >= 4 is 34.2 Å². The maximum atomic E-state index is 14.1. The Balaban J connectivity index is 1.37. The number of ether oxygens (including phenoxy) is 1. The summed E-state index contributed by atoms with van der Waals surface area (Å²) in [7, 11) is 1.86. The number of nitrogens with one attached hydrogen (secondary N) is 4. The van der Waals surface area contributed by atoms with Crippen LogP contribution in [0.2, 0.25) is 0 Å². The number of benzene rings is 3. The second-order valence-corrected chi connectivity index (χ2v) is 11.2. The van der Waals surface area contributed by atoms with E-state index in [1.165, 1.54) is 12.1 Å². The lowest BCUT2D eigenvalue weighted by Gasteiger charge is -2.37. The van der Waals surface area contributed by atoms with Crippen LogP contribution >= 0.6 is 0 Å². The number of fused-ring (bicyclic) bond motifs is 1. The van der Waals surface area contributed by atoms with E-state index in [1.807, 2.05) is 76.5 Å². The molecule has 1 aliphatic heterocycles. The monoisotopic (exact) mass is 600 g/mol. The third-order valence-corrected chi connectivity index (χ3v) is 8.22. The highest BCUT2D eigenvalue weighted by Crippen LogP contribution is 2.31. The Morgan fingerprint density at radius 1 is 1.05 bits per heavy atom. The van der Waals surface area contributed by atoms with Crippen LogP contribution in [0.1, 0.15) is 36.5 Å². The Morgan fingerprint density at radius 3 is 2.55 bits per heavy atom. The van der Waals surface area contributed by atoms with Crippen LogP contribution in [0.4, 0.5) is 20.6 Å². The van der Waals surface area contributed by atoms with Gasteiger partial charge in [-0.2, -0.15) is 0 Å². The van der Waals surface area contributed by atoms with Crippen molar-refractivity contribution in [2.75, 3.05) is 50.1 Å². The van der Waals surface area contributed by atoms with Crippen molar-refractivity contribution in [3.05, 3.63) is 89.4 Å². The normalized spacial score (nSPS) is 14.8. The molecule has 0 unspecified atom stereocenters. The molecule has 0 aliphatic carbocycles. The van der Waals surface area contributed by atoms with Crippen molar-refractivity contribution in [2.45, 2.75) is 39.3 Å². The highest BCUT2D eigenvalue weighted by atomic mass is 19.1. The predicted molar refractivity (Wildman–Crippen MR) is 173 cm³/mol. The first kappa shape index (κ1) is 30.9. The maximum absolute atomic E-state index is 14.1. The molecule has 1 saturated heterocycles. The molecule has 1 aromatic heterocycles. The number of anilines is 2. The molecule has 1 fully saturated rings. The van der Waals surface area contributed by atoms with Crippen LogP contribution in [0, 0.1) is 12.7 Å². The van der Waals surface area contributed by atoms with E-state index in [1.54, 1.807) is 11.0 Å². The Hall–Kier alpha value is -4.57. The van der Waals surface area contributed by atoms with E-state index in [4.69, 9.17) is 4.74 Å². The molecule has 9 nitrogen and oxygen atoms in total. The number of aromatic amines is 1. The molecule has 1 aliphatic rings. The molecule has 232 valence electrons. The molecule has 2 heterocycles. The number of carbonyl (C=O) groups is 2. The van der Waals surface area contributed by atoms with E-state index in [9.17, 15) is 14.0 Å². The maximum Gasteiger partial charge on any atom is 0.318 e. The summed E-state index contributed by atoms with van der Waals surface area (Å²) in [6.45, 7) is 8.96. The first-order chi connectivity index (χ1) is 21.3. The number of nitrogens with zero attached hydrogens (tertiary/aromatic N) is 2. The molecule has 44 heavy (non-hydrogen) atoms. The van der Waals surface area contributed by atoms with Crippen LogP contribution in [0.15, 0.2) is 66.9 Å². The average Bonchev–Trinajstić information content (AvgIpc) is 3.45. The molecule has 2 atom stereocenters. The van der Waals surface area contributed by atoms with Gasteiger partial charge in [0.15, 0.2) is 0 Å². The Kier molecular flexibility index (Phi) is 9.69. The highest BCUT2D eigenvalue weighted by Gasteiger charge is 2.33. The van der Waals surface area contributed by atoms with Gasteiger partial charge in [0.1, 0.15) is 17.6 Å². The number of rotatable bonds is 10. The molecule has 4 N–H and O–H groups in total. The number of amides is 3. The zero-order valence-electron chi connectivity index (χ0n) is 25.7. The number of para-hydroxylation sites is 1. The summed E-state index contributed by atoms with van der Waals surface area (Å²) in [5.41, 5.74) is 5.26. The molecular formula is C34H41FN6O3. The number of hydrogen-bond donors (Lipinski definition) is 4. The van der Waals surface area contributed by atoms with Gasteiger partial charge < -0.3 is 35.5 Å². The summed E-state index contributed by atoms with van der Waals surface area (Å²) in [4.78, 5) is 34.9. The molecule has 0 radical (unpaired) electrons. The molecule has 0 spiro atoms. The van der Waals surface area contributed by atoms with E-state index in [2.05, 4.69) is 25.8 Å². The average molecular weight is 601 g/mol. The standard InChI is InChI=1S/C34H41FN6O3/c1-5-44-31-13-10-24(20-36-4)19-29(31)38-33(42)32(23(3)27-21-37-28-9-7-6-8-26(27)28)39-34(43)41-16-14-40(15-17-41)30-12-11-25(35)18-22(30)2/h6-13,18-19,21,23,32,36-37H,5,14-17,20H2,1-4H3,(H,38,42)(H,39,43)/t23-,32+/m0/s1. The number of halogens is 1. The Morgan fingerprint density at radius 2 is 1.82 bits per heavy atom. The fourth-order valence-corrected chi connectivity index (χ4v) is 5.90. The number of urea groups is 1. The molecule has 10 heteroatoms. The van der Waals surface area contributed by atoms with E-state index in [-0.39, 0.29) is 23.7 Å². The zero-order chi connectivity index (χ0) is 31.2. The third kappa shape index (κ3) is 6.81. The minimum absolute atomic E-state index is 0.264. The summed E-state index contributed by atoms with van der Waals surface area (Å²) in [5.74, 6) is -0.383. The summed E-state index contributed by atoms with van der Waals surface area (Å²) < 4.78 is 19.5. The minimum atomic E-state index is -0.874. The number of piperazine rings is 1. The van der Waals surface area contributed by atoms with Crippen LogP contribution in [-0.2, 0) is 11.3 Å². The van der Waals surface area contributed by atoms with Crippen molar-refractivity contribution in [1.29, 1.82) is 0 Å². The molecular weight excluding hydrogens is 559 g/mol. The summed E-state index contributed by atoms with van der Waals surface area (Å²) in [6.07, 6.45) is 1.91. The molecule has 0 bridgehead atoms. The van der Waals surface area contributed by atoms with Gasteiger partial charge in [0.25, 0.3) is 0 Å². The number of hydrogen-bond acceptors (Lipinski definition) is 5. The van der Waals surface area contributed by atoms with Crippen molar-refractivity contribution in [3.63, 3.8) is 0 Å². The van der Waals surface area contributed by atoms with Crippen LogP contribution in [0.25, 0.3) is 10.9 Å². The molecule has 4 aromatic rings. The zero-order valence-corrected chi connectivity index (χ0v) is 25.7. The fourth-order valence-electron chi connectivity index (χ4n) is 5.90. The summed E-state index contributed by atoms with van der Waals surface area (Å²) in [5, 5.41) is 10.3. The van der Waals surface area contributed by atoms with Gasteiger partial charge in [0, 0.05) is 61.4 Å². The van der Waals surface area contributed by atoms with Crippen molar-refractivity contribution in [2.24, 2.45) is 0 Å². The number of aryl methyl sites for hydroxylation is 1. The first-order valence-electron chi connectivity index (χ1n) is 15.1. The van der Waals surface area contributed by atoms with Gasteiger partial charge in [-0.1, -0.05) is 31.2 Å². The van der Waals surface area contributed by atoms with Crippen molar-refractivity contribution < 1.29 is 18.7 Å². The van der Waals surface area contributed by atoms with Crippen LogP contribution in [0.3, 0.4) is 0 Å². The van der Waals surface area contributed by atoms with Crippen LogP contribution < -0.4 is 25.6 Å². The lowest BCUT2D eigenvalue weighted by Crippen LogP contribution is -2.56. The van der Waals surface area contributed by atoms with Crippen LogP contribution in [-0.4, -0.2) is 67.7 Å². The quantitative estimate of drug-likeness (QED) is 0.196. The molecule has 3 amide bonds. The van der Waals surface area contributed by atoms with Gasteiger partial charge >= 0.3 is 6.03 Å². The van der Waals surface area contributed by atoms with Gasteiger partial charge in [0.2, 0.25) is 5.91 Å². The SMILES string of the molecule is CCOc1ccc(CNC)cc1NC(=O)[C@H](NC(=O)N1CCN(c2ccc(F)cc2C)CC1)[C@@H](C)c1c[nH]c2ccccc12. The summed E-state index contributed by atoms with van der Waals surface area (Å²) in [6, 6.07) is 17.2. The number of carbonyl (C=O) groups excluding carboxylic acids is 2. The topological polar surface area (TPSA) is 102 Å². The predicted octanol–water partition coefficient (Wildman–Crippen LogP) is 5.38. The van der Waals surface area contributed by atoms with Crippen LogP contribution in [0.5, 0.6) is 5.75 Å². The van der Waals surface area contributed by atoms with E-state index < -0.39 is 6.04 Å². The van der Waals surface area contributed by atoms with E-state index in [0.717, 1.165) is 33.3 Å². The largest absolute Gasteiger partial charge is 0.492 e. The van der Waals surface area contributed by atoms with Gasteiger partial charge in [-0.05, 0) is 74.0 Å². The fraction of sp³-hybridized carbons (Fsp3) is 0.353. The summed E-state index contributed by atoms with van der Waals surface area (Å²) >= 11 is 0. The Labute approximate surface area is 257 Å². The van der Waals surface area contributed by atoms with Gasteiger partial charge in [0.05, 0.1) is 12.3 Å². The smallest absolute Gasteiger partial charge is 0.318 e. The lowest BCUT2D eigenvalue weighted by atomic mass is 9.92. The first-order valence-corrected chi connectivity index (χ1v) is 15.1. The minimum Gasteiger partial charge on any atom is -0.492 e. The third-order valence-electron chi connectivity index (χ3n) is 8.22. The molecule has 5 rings (SSSR count). The van der Waals surface area contributed by atoms with Gasteiger partial charge in [-0.15, -0.1) is 0 Å². The second kappa shape index (κ2) is 13.8. The molecule has 0 saturated carbocycles. The van der Waals surface area contributed by atoms with E-state index >= 15 is 0 Å². The number of aromatic nitrogens is 1. The lowest BCUT2D eigenvalue weighted by molar-refractivity contribution is -0.118. The van der Waals surface area contributed by atoms with Gasteiger partial charge in [-0.3, -0.25) is 4.79 Å². The van der Waals surface area contributed by atoms with Crippen molar-refractivity contribution in [3.8, 4) is 5.75 Å². The van der Waals surface area contributed by atoms with E-state index in [0.29, 0.717) is 50.8 Å². The van der Waals surface area contributed by atoms with Gasteiger partial charge in [-0.25, -0.2) is 9.18 Å². The highest BCUT2D eigenvalue weighted by molar-refractivity contribution is 5.99. The molecule has 3 aromatic carbocycles. The number of H-pyrrole nitrogens is 1. The van der Waals surface area contributed by atoms with Crippen molar-refractivity contribution in [1.82, 2.24) is 20.5 Å². The Bertz CT molecular complexity index is 1610. The second-order valence-electron chi connectivity index (χ2n) is 11.2.